The van der Waals surface area contributed by atoms with Gasteiger partial charge in [0.15, 0.2) is 0 Å². The van der Waals surface area contributed by atoms with E-state index in [4.69, 9.17) is 0 Å². The minimum Gasteiger partial charge on any atom is -0.253 e. The first kappa shape index (κ1) is 11.8. The number of halogens is 1. The summed E-state index contributed by atoms with van der Waals surface area (Å²) in [4.78, 5) is 3.91. The second-order valence-electron chi connectivity index (χ2n) is 4.10. The van der Waals surface area contributed by atoms with Crippen molar-refractivity contribution in [1.29, 1.82) is 0 Å². The van der Waals surface area contributed by atoms with Crippen molar-refractivity contribution < 1.29 is 4.39 Å². The Morgan fingerprint density at radius 2 is 2.06 bits per heavy atom. The van der Waals surface area contributed by atoms with Gasteiger partial charge in [0.1, 0.15) is 18.5 Å². The van der Waals surface area contributed by atoms with Crippen LogP contribution in [0.2, 0.25) is 0 Å². The maximum absolute atomic E-state index is 12.8. The van der Waals surface area contributed by atoms with Gasteiger partial charge in [-0.05, 0) is 36.5 Å². The molecule has 0 saturated carbocycles. The monoisotopic (exact) mass is 233 g/mol. The molecule has 1 aromatic carbocycles. The number of benzene rings is 1. The molecule has 1 atom stereocenters. The minimum absolute atomic E-state index is 0.181. The molecule has 0 bridgehead atoms. The lowest BCUT2D eigenvalue weighted by Crippen LogP contribution is -2.05. The van der Waals surface area contributed by atoms with Crippen LogP contribution in [-0.4, -0.2) is 14.8 Å². The largest absolute Gasteiger partial charge is 0.253 e. The van der Waals surface area contributed by atoms with E-state index in [1.807, 2.05) is 16.8 Å². The van der Waals surface area contributed by atoms with Crippen molar-refractivity contribution in [2.45, 2.75) is 32.2 Å². The van der Waals surface area contributed by atoms with Crippen molar-refractivity contribution in [2.24, 2.45) is 0 Å². The summed E-state index contributed by atoms with van der Waals surface area (Å²) in [5, 5.41) is 4.08. The highest BCUT2D eigenvalue weighted by molar-refractivity contribution is 5.20. The van der Waals surface area contributed by atoms with E-state index in [1.54, 1.807) is 12.7 Å². The van der Waals surface area contributed by atoms with Gasteiger partial charge in [0.25, 0.3) is 0 Å². The molecule has 2 aromatic rings. The Kier molecular flexibility index (Phi) is 3.85. The SMILES string of the molecule is CC[C@H](CCn1cncn1)c1ccc(F)cc1. The number of rotatable bonds is 5. The molecule has 2 rings (SSSR count). The van der Waals surface area contributed by atoms with E-state index in [-0.39, 0.29) is 5.82 Å². The Bertz CT molecular complexity index is 436. The van der Waals surface area contributed by atoms with E-state index in [2.05, 4.69) is 17.0 Å². The predicted molar refractivity (Wildman–Crippen MR) is 64.1 cm³/mol. The van der Waals surface area contributed by atoms with Crippen molar-refractivity contribution in [3.05, 3.63) is 48.3 Å². The zero-order chi connectivity index (χ0) is 12.1. The Morgan fingerprint density at radius 1 is 1.29 bits per heavy atom. The van der Waals surface area contributed by atoms with Gasteiger partial charge in [0.2, 0.25) is 0 Å². The van der Waals surface area contributed by atoms with Gasteiger partial charge in [-0.2, -0.15) is 5.10 Å². The third-order valence-electron chi connectivity index (χ3n) is 3.01. The summed E-state index contributed by atoms with van der Waals surface area (Å²) >= 11 is 0. The molecule has 17 heavy (non-hydrogen) atoms. The van der Waals surface area contributed by atoms with E-state index in [0.717, 1.165) is 19.4 Å². The molecule has 0 unspecified atom stereocenters. The fourth-order valence-electron chi connectivity index (χ4n) is 1.98. The van der Waals surface area contributed by atoms with Crippen LogP contribution in [0.1, 0.15) is 31.2 Å². The van der Waals surface area contributed by atoms with E-state index in [1.165, 1.54) is 17.7 Å². The first-order valence-corrected chi connectivity index (χ1v) is 5.87. The second kappa shape index (κ2) is 5.57. The first-order valence-electron chi connectivity index (χ1n) is 5.87. The molecule has 0 aliphatic rings. The molecule has 3 nitrogen and oxygen atoms in total. The van der Waals surface area contributed by atoms with Gasteiger partial charge in [-0.25, -0.2) is 9.37 Å². The summed E-state index contributed by atoms with van der Waals surface area (Å²) in [7, 11) is 0. The lowest BCUT2D eigenvalue weighted by Gasteiger charge is -2.15. The van der Waals surface area contributed by atoms with Crippen molar-refractivity contribution in [3.8, 4) is 0 Å². The van der Waals surface area contributed by atoms with Crippen LogP contribution < -0.4 is 0 Å². The molecule has 90 valence electrons. The van der Waals surface area contributed by atoms with Gasteiger partial charge in [-0.1, -0.05) is 19.1 Å². The number of hydrogen-bond acceptors (Lipinski definition) is 2. The van der Waals surface area contributed by atoms with Crippen molar-refractivity contribution in [1.82, 2.24) is 14.8 Å². The fourth-order valence-corrected chi connectivity index (χ4v) is 1.98. The minimum atomic E-state index is -0.181. The number of hydrogen-bond donors (Lipinski definition) is 0. The molecule has 4 heteroatoms. The molecule has 0 N–H and O–H groups in total. The predicted octanol–water partition coefficient (Wildman–Crippen LogP) is 3.00. The molecule has 0 fully saturated rings. The van der Waals surface area contributed by atoms with Crippen molar-refractivity contribution in [2.75, 3.05) is 0 Å². The zero-order valence-electron chi connectivity index (χ0n) is 9.88. The summed E-state index contributed by atoms with van der Waals surface area (Å²) < 4.78 is 14.7. The maximum Gasteiger partial charge on any atom is 0.137 e. The van der Waals surface area contributed by atoms with Gasteiger partial charge in [0, 0.05) is 6.54 Å². The van der Waals surface area contributed by atoms with E-state index in [0.29, 0.717) is 5.92 Å². The van der Waals surface area contributed by atoms with Crippen LogP contribution in [0.3, 0.4) is 0 Å². The van der Waals surface area contributed by atoms with Crippen LogP contribution in [0.4, 0.5) is 4.39 Å². The molecular formula is C13H16FN3. The average molecular weight is 233 g/mol. The van der Waals surface area contributed by atoms with E-state index in [9.17, 15) is 4.39 Å². The zero-order valence-corrected chi connectivity index (χ0v) is 9.88. The van der Waals surface area contributed by atoms with Crippen LogP contribution in [-0.2, 0) is 6.54 Å². The van der Waals surface area contributed by atoms with Gasteiger partial charge in [-0.3, -0.25) is 4.68 Å². The summed E-state index contributed by atoms with van der Waals surface area (Å²) in [6.45, 7) is 2.99. The molecule has 0 amide bonds. The molecule has 0 aliphatic heterocycles. The summed E-state index contributed by atoms with van der Waals surface area (Å²) in [5.41, 5.74) is 1.19. The van der Waals surface area contributed by atoms with E-state index < -0.39 is 0 Å². The average Bonchev–Trinajstić information content (AvgIpc) is 2.85. The van der Waals surface area contributed by atoms with Crippen LogP contribution in [0.15, 0.2) is 36.9 Å². The van der Waals surface area contributed by atoms with Crippen molar-refractivity contribution in [3.63, 3.8) is 0 Å². The summed E-state index contributed by atoms with van der Waals surface area (Å²) in [6, 6.07) is 6.77. The highest BCUT2D eigenvalue weighted by atomic mass is 19.1. The van der Waals surface area contributed by atoms with Gasteiger partial charge in [-0.15, -0.1) is 0 Å². The normalized spacial score (nSPS) is 12.6. The lowest BCUT2D eigenvalue weighted by atomic mass is 9.93. The Morgan fingerprint density at radius 3 is 2.65 bits per heavy atom. The Balaban J connectivity index is 1.99. The third-order valence-corrected chi connectivity index (χ3v) is 3.01. The quantitative estimate of drug-likeness (QED) is 0.794. The molecule has 0 aliphatic carbocycles. The molecule has 0 saturated heterocycles. The molecular weight excluding hydrogens is 217 g/mol. The Labute approximate surface area is 100 Å². The number of nitrogens with zero attached hydrogens (tertiary/aromatic N) is 3. The topological polar surface area (TPSA) is 30.7 Å². The number of aromatic nitrogens is 3. The summed E-state index contributed by atoms with van der Waals surface area (Å²) in [6.07, 6.45) is 5.29. The summed E-state index contributed by atoms with van der Waals surface area (Å²) in [5.74, 6) is 0.264. The molecule has 0 spiro atoms. The van der Waals surface area contributed by atoms with Crippen LogP contribution >= 0.6 is 0 Å². The number of aryl methyl sites for hydroxylation is 1. The third kappa shape index (κ3) is 3.12. The maximum atomic E-state index is 12.8. The fraction of sp³-hybridized carbons (Fsp3) is 0.385. The standard InChI is InChI=1S/C13H16FN3/c1-2-11(7-8-17-10-15-9-16-17)12-3-5-13(14)6-4-12/h3-6,9-11H,2,7-8H2,1H3/t11-/m1/s1. The highest BCUT2D eigenvalue weighted by Gasteiger charge is 2.09. The van der Waals surface area contributed by atoms with Crippen LogP contribution in [0.25, 0.3) is 0 Å². The smallest absolute Gasteiger partial charge is 0.137 e. The van der Waals surface area contributed by atoms with Gasteiger partial charge in [0.05, 0.1) is 0 Å². The van der Waals surface area contributed by atoms with Crippen molar-refractivity contribution >= 4 is 0 Å². The molecule has 1 aromatic heterocycles. The highest BCUT2D eigenvalue weighted by Crippen LogP contribution is 2.23. The van der Waals surface area contributed by atoms with Crippen LogP contribution in [0, 0.1) is 5.82 Å². The first-order chi connectivity index (χ1) is 8.29. The van der Waals surface area contributed by atoms with Gasteiger partial charge >= 0.3 is 0 Å². The second-order valence-corrected chi connectivity index (χ2v) is 4.10. The van der Waals surface area contributed by atoms with Crippen LogP contribution in [0.5, 0.6) is 0 Å². The van der Waals surface area contributed by atoms with E-state index >= 15 is 0 Å². The molecule has 0 radical (unpaired) electrons. The van der Waals surface area contributed by atoms with Gasteiger partial charge < -0.3 is 0 Å². The lowest BCUT2D eigenvalue weighted by molar-refractivity contribution is 0.502. The molecule has 1 heterocycles. The Hall–Kier alpha value is -1.71.